The lowest BCUT2D eigenvalue weighted by Crippen LogP contribution is -2.21. The van der Waals surface area contributed by atoms with E-state index in [0.29, 0.717) is 0 Å². The predicted molar refractivity (Wildman–Crippen MR) is 56.7 cm³/mol. The highest BCUT2D eigenvalue weighted by molar-refractivity contribution is 6.15. The summed E-state index contributed by atoms with van der Waals surface area (Å²) < 4.78 is 4.42. The van der Waals surface area contributed by atoms with Crippen LogP contribution in [0.5, 0.6) is 0 Å². The third-order valence-electron chi connectivity index (χ3n) is 1.87. The fourth-order valence-corrected chi connectivity index (χ4v) is 0.714. The highest BCUT2D eigenvalue weighted by Crippen LogP contribution is 2.01. The van der Waals surface area contributed by atoms with Gasteiger partial charge in [0.05, 0.1) is 7.11 Å². The second-order valence-corrected chi connectivity index (χ2v) is 3.14. The summed E-state index contributed by atoms with van der Waals surface area (Å²) in [6, 6.07) is 0. The van der Waals surface area contributed by atoms with E-state index in [0.717, 1.165) is 5.70 Å². The molecule has 0 fully saturated rings. The Bertz CT molecular complexity index is 317. The maximum Gasteiger partial charge on any atom is 0.343 e. The zero-order valence-electron chi connectivity index (χ0n) is 9.40. The van der Waals surface area contributed by atoms with Crippen molar-refractivity contribution in [1.29, 1.82) is 0 Å². The molecule has 1 amide bonds. The van der Waals surface area contributed by atoms with E-state index in [-0.39, 0.29) is 5.57 Å². The van der Waals surface area contributed by atoms with Gasteiger partial charge in [0.1, 0.15) is 5.57 Å². The maximum absolute atomic E-state index is 11.1. The fourth-order valence-electron chi connectivity index (χ4n) is 0.714. The van der Waals surface area contributed by atoms with Crippen LogP contribution >= 0.6 is 0 Å². The number of carbonyl (C=O) groups excluding carboxylic acids is 2. The summed E-state index contributed by atoms with van der Waals surface area (Å²) in [5, 5.41) is 0. The van der Waals surface area contributed by atoms with E-state index in [1.807, 2.05) is 25.9 Å². The average molecular weight is 212 g/mol. The second-order valence-electron chi connectivity index (χ2n) is 3.14. The fraction of sp³-hybridized carbons (Fsp3) is 0.400. The van der Waals surface area contributed by atoms with Gasteiger partial charge >= 0.3 is 5.97 Å². The molecule has 0 aromatic heterocycles. The highest BCUT2D eigenvalue weighted by atomic mass is 16.5. The van der Waals surface area contributed by atoms with Crippen molar-refractivity contribution in [1.82, 2.24) is 4.90 Å². The molecule has 0 bridgehead atoms. The van der Waals surface area contributed by atoms with Crippen molar-refractivity contribution in [3.05, 3.63) is 23.4 Å². The summed E-state index contributed by atoms with van der Waals surface area (Å²) in [5.41, 5.74) is 5.74. The molecule has 0 radical (unpaired) electrons. The second kappa shape index (κ2) is 5.85. The van der Waals surface area contributed by atoms with Gasteiger partial charge in [-0.15, -0.1) is 0 Å². The molecule has 0 aromatic rings. The van der Waals surface area contributed by atoms with Gasteiger partial charge in [-0.25, -0.2) is 4.79 Å². The number of carbonyl (C=O) groups is 2. The van der Waals surface area contributed by atoms with Gasteiger partial charge in [-0.1, -0.05) is 0 Å². The minimum atomic E-state index is -0.801. The largest absolute Gasteiger partial charge is 0.465 e. The number of nitrogens with zero attached hydrogens (tertiary/aromatic N) is 1. The van der Waals surface area contributed by atoms with E-state index in [2.05, 4.69) is 4.74 Å². The molecule has 0 aliphatic heterocycles. The molecule has 0 saturated heterocycles. The molecular weight excluding hydrogens is 196 g/mol. The molecule has 0 aromatic carbocycles. The quantitative estimate of drug-likeness (QED) is 0.235. The van der Waals surface area contributed by atoms with Crippen molar-refractivity contribution < 1.29 is 14.3 Å². The van der Waals surface area contributed by atoms with Gasteiger partial charge in [0.15, 0.2) is 0 Å². The highest BCUT2D eigenvalue weighted by Gasteiger charge is 2.14. The number of esters is 1. The average Bonchev–Trinajstić information content (AvgIpc) is 2.16. The molecule has 5 nitrogen and oxygen atoms in total. The van der Waals surface area contributed by atoms with E-state index >= 15 is 0 Å². The van der Waals surface area contributed by atoms with Crippen LogP contribution in [0.2, 0.25) is 0 Å². The summed E-state index contributed by atoms with van der Waals surface area (Å²) >= 11 is 0. The Kier molecular flexibility index (Phi) is 5.15. The van der Waals surface area contributed by atoms with Crippen molar-refractivity contribution in [3.8, 4) is 0 Å². The number of hydrogen-bond donors (Lipinski definition) is 1. The number of ether oxygens (including phenoxy) is 1. The molecular formula is C10H16N2O3. The molecule has 0 saturated carbocycles. The predicted octanol–water partition coefficient (Wildman–Crippen LogP) is 0.0365. The number of methoxy groups -OCH3 is 1. The van der Waals surface area contributed by atoms with E-state index < -0.39 is 11.9 Å². The van der Waals surface area contributed by atoms with Crippen molar-refractivity contribution in [2.45, 2.75) is 6.92 Å². The van der Waals surface area contributed by atoms with Crippen LogP contribution in [0, 0.1) is 0 Å². The molecule has 0 unspecified atom stereocenters. The van der Waals surface area contributed by atoms with Gasteiger partial charge < -0.3 is 15.4 Å². The Labute approximate surface area is 89.2 Å². The molecule has 5 heteroatoms. The third-order valence-corrected chi connectivity index (χ3v) is 1.87. The van der Waals surface area contributed by atoms with Gasteiger partial charge in [0, 0.05) is 19.8 Å². The summed E-state index contributed by atoms with van der Waals surface area (Å²) in [6.45, 7) is 1.84. The molecule has 15 heavy (non-hydrogen) atoms. The zero-order chi connectivity index (χ0) is 12.0. The molecule has 0 atom stereocenters. The number of rotatable bonds is 4. The number of nitrogens with two attached hydrogens (primary N) is 1. The monoisotopic (exact) mass is 212 g/mol. The molecule has 0 rings (SSSR count). The normalized spacial score (nSPS) is 12.3. The van der Waals surface area contributed by atoms with Crippen molar-refractivity contribution >= 4 is 11.9 Å². The van der Waals surface area contributed by atoms with E-state index in [4.69, 9.17) is 5.73 Å². The lowest BCUT2D eigenvalue weighted by Gasteiger charge is -2.11. The van der Waals surface area contributed by atoms with Crippen LogP contribution in [-0.4, -0.2) is 38.0 Å². The summed E-state index contributed by atoms with van der Waals surface area (Å²) in [4.78, 5) is 23.8. The third kappa shape index (κ3) is 4.30. The standard InChI is InChI=1S/C10H16N2O3/c1-7(12(2)3)5-6-8(9(11)13)10(14)15-4/h5-6H,1-4H3,(H2,11,13)/b7-5+,8-6-. The molecule has 84 valence electrons. The Morgan fingerprint density at radius 2 is 1.80 bits per heavy atom. The van der Waals surface area contributed by atoms with Crippen LogP contribution in [0.4, 0.5) is 0 Å². The minimum Gasteiger partial charge on any atom is -0.465 e. The van der Waals surface area contributed by atoms with Crippen LogP contribution in [-0.2, 0) is 14.3 Å². The Hall–Kier alpha value is -1.78. The van der Waals surface area contributed by atoms with Crippen LogP contribution in [0.1, 0.15) is 6.92 Å². The first-order valence-corrected chi connectivity index (χ1v) is 4.34. The summed E-state index contributed by atoms with van der Waals surface area (Å²) in [7, 11) is 4.89. The molecule has 0 aliphatic carbocycles. The molecule has 0 spiro atoms. The van der Waals surface area contributed by atoms with Crippen LogP contribution < -0.4 is 5.73 Å². The smallest absolute Gasteiger partial charge is 0.343 e. The number of allylic oxidation sites excluding steroid dienone is 3. The number of primary amides is 1. The lowest BCUT2D eigenvalue weighted by atomic mass is 10.2. The van der Waals surface area contributed by atoms with Gasteiger partial charge in [-0.05, 0) is 19.1 Å². The summed E-state index contributed by atoms with van der Waals surface area (Å²) in [5.74, 6) is -1.53. The number of amides is 1. The first kappa shape index (κ1) is 13.2. The van der Waals surface area contributed by atoms with E-state index in [9.17, 15) is 9.59 Å². The van der Waals surface area contributed by atoms with Crippen LogP contribution in [0.25, 0.3) is 0 Å². The first-order valence-electron chi connectivity index (χ1n) is 4.34. The lowest BCUT2D eigenvalue weighted by molar-refractivity contribution is -0.137. The van der Waals surface area contributed by atoms with Crippen molar-refractivity contribution in [3.63, 3.8) is 0 Å². The van der Waals surface area contributed by atoms with E-state index in [1.54, 1.807) is 6.08 Å². The first-order chi connectivity index (χ1) is 6.90. The Morgan fingerprint density at radius 1 is 1.27 bits per heavy atom. The van der Waals surface area contributed by atoms with Gasteiger partial charge in [0.25, 0.3) is 5.91 Å². The van der Waals surface area contributed by atoms with Crippen LogP contribution in [0.15, 0.2) is 23.4 Å². The Balaban J connectivity index is 4.95. The maximum atomic E-state index is 11.1. The zero-order valence-corrected chi connectivity index (χ0v) is 9.40. The van der Waals surface area contributed by atoms with Gasteiger partial charge in [-0.2, -0.15) is 0 Å². The SMILES string of the molecule is COC(=O)/C(=C\C=C(/C)N(C)C)C(N)=O. The topological polar surface area (TPSA) is 72.6 Å². The van der Waals surface area contributed by atoms with E-state index in [1.165, 1.54) is 13.2 Å². The number of hydrogen-bond acceptors (Lipinski definition) is 4. The van der Waals surface area contributed by atoms with Crippen molar-refractivity contribution in [2.75, 3.05) is 21.2 Å². The van der Waals surface area contributed by atoms with Crippen LogP contribution in [0.3, 0.4) is 0 Å². The minimum absolute atomic E-state index is 0.168. The van der Waals surface area contributed by atoms with Gasteiger partial charge in [0.2, 0.25) is 0 Å². The molecule has 0 aliphatic rings. The Morgan fingerprint density at radius 3 is 2.13 bits per heavy atom. The van der Waals surface area contributed by atoms with Crippen molar-refractivity contribution in [2.24, 2.45) is 5.73 Å². The van der Waals surface area contributed by atoms with Gasteiger partial charge in [-0.3, -0.25) is 4.79 Å². The summed E-state index contributed by atoms with van der Waals surface area (Å²) in [6.07, 6.45) is 2.97. The molecule has 2 N–H and O–H groups in total. The molecule has 0 heterocycles.